The first-order valence-corrected chi connectivity index (χ1v) is 8.91. The first-order chi connectivity index (χ1) is 12.1. The number of carbonyl (C=O) groups is 1. The largest absolute Gasteiger partial charge is 0.498 e. The third kappa shape index (κ3) is 3.35. The molecule has 26 heavy (non-hydrogen) atoms. The van der Waals surface area contributed by atoms with Gasteiger partial charge in [0.2, 0.25) is 0 Å². The number of rotatable bonds is 3. The monoisotopic (exact) mass is 362 g/mol. The van der Waals surface area contributed by atoms with E-state index in [0.717, 1.165) is 11.2 Å². The molecule has 2 fully saturated rings. The molecule has 2 aliphatic heterocycles. The molecule has 0 atom stereocenters. The van der Waals surface area contributed by atoms with E-state index in [-0.39, 0.29) is 0 Å². The molecule has 2 saturated heterocycles. The zero-order valence-corrected chi connectivity index (χ0v) is 16.1. The molecule has 2 aliphatic rings. The van der Waals surface area contributed by atoms with Crippen LogP contribution in [-0.4, -0.2) is 67.7 Å². The highest BCUT2D eigenvalue weighted by molar-refractivity contribution is 6.63. The van der Waals surface area contributed by atoms with Crippen LogP contribution in [0.1, 0.15) is 27.7 Å². The van der Waals surface area contributed by atoms with E-state index in [1.165, 1.54) is 4.90 Å². The number of benzene rings is 1. The lowest BCUT2D eigenvalue weighted by Gasteiger charge is -2.34. The average molecular weight is 362 g/mol. The van der Waals surface area contributed by atoms with Gasteiger partial charge in [-0.3, -0.25) is 0 Å². The first kappa shape index (κ1) is 18.9. The van der Waals surface area contributed by atoms with E-state index < -0.39 is 24.4 Å². The number of piperazine rings is 1. The van der Waals surface area contributed by atoms with Crippen LogP contribution in [0.2, 0.25) is 0 Å². The van der Waals surface area contributed by atoms with Crippen molar-refractivity contribution in [2.75, 3.05) is 38.2 Å². The van der Waals surface area contributed by atoms with E-state index in [4.69, 9.17) is 19.2 Å². The summed E-state index contributed by atoms with van der Waals surface area (Å²) in [5.74, 6) is 0.710. The van der Waals surface area contributed by atoms with E-state index >= 15 is 0 Å². The lowest BCUT2D eigenvalue weighted by molar-refractivity contribution is 0.00578. The minimum atomic E-state index is -0.863. The maximum atomic E-state index is 11.1. The molecular formula is C18H27BN2O5. The molecule has 0 saturated carbocycles. The van der Waals surface area contributed by atoms with Gasteiger partial charge >= 0.3 is 13.2 Å². The molecule has 8 heteroatoms. The summed E-state index contributed by atoms with van der Waals surface area (Å²) < 4.78 is 17.9. The van der Waals surface area contributed by atoms with Crippen LogP contribution in [0.5, 0.6) is 5.75 Å². The van der Waals surface area contributed by atoms with Crippen molar-refractivity contribution in [1.29, 1.82) is 0 Å². The standard InChI is InChI=1S/C18H27BN2O5/c1-17(2)18(3,4)26-19(25-17)14-7-6-13(12-15(14)24-5)20-8-10-21(11-9-20)16(22)23/h6-7,12H,8-11H2,1-5H3,(H,22,23). The Morgan fingerprint density at radius 3 is 2.19 bits per heavy atom. The van der Waals surface area contributed by atoms with Gasteiger partial charge in [-0.25, -0.2) is 4.79 Å². The van der Waals surface area contributed by atoms with Crippen molar-refractivity contribution >= 4 is 24.4 Å². The molecule has 1 amide bonds. The Hall–Kier alpha value is -1.93. The predicted molar refractivity (Wildman–Crippen MR) is 101 cm³/mol. The van der Waals surface area contributed by atoms with Gasteiger partial charge in [-0.15, -0.1) is 0 Å². The highest BCUT2D eigenvalue weighted by Gasteiger charge is 2.52. The Balaban J connectivity index is 1.78. The van der Waals surface area contributed by atoms with Crippen molar-refractivity contribution < 1.29 is 23.9 Å². The first-order valence-electron chi connectivity index (χ1n) is 8.91. The molecule has 7 nitrogen and oxygen atoms in total. The van der Waals surface area contributed by atoms with E-state index in [2.05, 4.69) is 4.90 Å². The molecule has 0 bridgehead atoms. The lowest BCUT2D eigenvalue weighted by atomic mass is 9.78. The molecule has 0 radical (unpaired) electrons. The molecule has 1 aromatic carbocycles. The Bertz CT molecular complexity index is 670. The summed E-state index contributed by atoms with van der Waals surface area (Å²) in [5, 5.41) is 9.08. The summed E-state index contributed by atoms with van der Waals surface area (Å²) in [6.07, 6.45) is -0.863. The Labute approximate surface area is 155 Å². The molecule has 142 valence electrons. The fourth-order valence-corrected chi connectivity index (χ4v) is 3.22. The smallest absolute Gasteiger partial charge is 0.497 e. The van der Waals surface area contributed by atoms with E-state index in [1.807, 2.05) is 45.9 Å². The molecule has 0 unspecified atom stereocenters. The number of hydrogen-bond acceptors (Lipinski definition) is 5. The third-order valence-corrected chi connectivity index (χ3v) is 5.64. The minimum absolute atomic E-state index is 0.408. The number of carboxylic acid groups (broad SMARTS) is 1. The number of methoxy groups -OCH3 is 1. The van der Waals surface area contributed by atoms with Gasteiger partial charge in [0, 0.05) is 43.4 Å². The molecule has 3 rings (SSSR count). The normalized spacial score (nSPS) is 21.8. The van der Waals surface area contributed by atoms with Gasteiger partial charge in [-0.1, -0.05) is 6.07 Å². The van der Waals surface area contributed by atoms with Gasteiger partial charge in [0.25, 0.3) is 0 Å². The second-order valence-corrected chi connectivity index (χ2v) is 7.77. The van der Waals surface area contributed by atoms with Crippen LogP contribution in [-0.2, 0) is 9.31 Å². The molecular weight excluding hydrogens is 335 g/mol. The topological polar surface area (TPSA) is 71.5 Å². The van der Waals surface area contributed by atoms with Crippen LogP contribution in [0.3, 0.4) is 0 Å². The van der Waals surface area contributed by atoms with Crippen molar-refractivity contribution in [3.8, 4) is 5.75 Å². The van der Waals surface area contributed by atoms with Gasteiger partial charge in [-0.05, 0) is 33.8 Å². The van der Waals surface area contributed by atoms with Crippen molar-refractivity contribution in [3.63, 3.8) is 0 Å². The zero-order chi connectivity index (χ0) is 19.1. The SMILES string of the molecule is COc1cc(N2CCN(C(=O)O)CC2)ccc1B1OC(C)(C)C(C)(C)O1. The van der Waals surface area contributed by atoms with Gasteiger partial charge in [0.15, 0.2) is 0 Å². The molecule has 1 N–H and O–H groups in total. The van der Waals surface area contributed by atoms with Gasteiger partial charge < -0.3 is 29.0 Å². The third-order valence-electron chi connectivity index (χ3n) is 5.64. The van der Waals surface area contributed by atoms with Crippen LogP contribution in [0.15, 0.2) is 18.2 Å². The predicted octanol–water partition coefficient (Wildman–Crippen LogP) is 1.79. The van der Waals surface area contributed by atoms with Gasteiger partial charge in [0.1, 0.15) is 5.75 Å². The van der Waals surface area contributed by atoms with Crippen LogP contribution >= 0.6 is 0 Å². The maximum Gasteiger partial charge on any atom is 0.498 e. The van der Waals surface area contributed by atoms with Gasteiger partial charge in [0.05, 0.1) is 18.3 Å². The summed E-state index contributed by atoms with van der Waals surface area (Å²) in [7, 11) is 1.16. The lowest BCUT2D eigenvalue weighted by Crippen LogP contribution is -2.48. The van der Waals surface area contributed by atoms with Crippen LogP contribution in [0.25, 0.3) is 0 Å². The summed E-state index contributed by atoms with van der Waals surface area (Å²) in [5.41, 5.74) is 1.05. The van der Waals surface area contributed by atoms with E-state index in [9.17, 15) is 4.79 Å². The quantitative estimate of drug-likeness (QED) is 0.827. The number of nitrogens with zero attached hydrogens (tertiary/aromatic N) is 2. The number of ether oxygens (including phenoxy) is 1. The van der Waals surface area contributed by atoms with Crippen molar-refractivity contribution in [2.24, 2.45) is 0 Å². The summed E-state index contributed by atoms with van der Waals surface area (Å²) >= 11 is 0. The van der Waals surface area contributed by atoms with Crippen LogP contribution < -0.4 is 15.1 Å². The van der Waals surface area contributed by atoms with Crippen molar-refractivity contribution in [3.05, 3.63) is 18.2 Å². The van der Waals surface area contributed by atoms with Gasteiger partial charge in [-0.2, -0.15) is 0 Å². The number of hydrogen-bond donors (Lipinski definition) is 1. The van der Waals surface area contributed by atoms with Crippen LogP contribution in [0.4, 0.5) is 10.5 Å². The maximum absolute atomic E-state index is 11.1. The summed E-state index contributed by atoms with van der Waals surface area (Å²) in [6, 6.07) is 5.95. The molecule has 0 spiro atoms. The highest BCUT2D eigenvalue weighted by atomic mass is 16.7. The second-order valence-electron chi connectivity index (χ2n) is 7.77. The Kier molecular flexibility index (Phi) is 4.83. The van der Waals surface area contributed by atoms with E-state index in [1.54, 1.807) is 7.11 Å². The molecule has 2 heterocycles. The highest BCUT2D eigenvalue weighted by Crippen LogP contribution is 2.37. The second kappa shape index (κ2) is 6.66. The Morgan fingerprint density at radius 2 is 1.69 bits per heavy atom. The van der Waals surface area contributed by atoms with E-state index in [0.29, 0.717) is 31.9 Å². The average Bonchev–Trinajstić information content (AvgIpc) is 2.82. The summed E-state index contributed by atoms with van der Waals surface area (Å²) in [6.45, 7) is 10.4. The minimum Gasteiger partial charge on any atom is -0.497 e. The number of amides is 1. The fraction of sp³-hybridized carbons (Fsp3) is 0.611. The molecule has 0 aliphatic carbocycles. The van der Waals surface area contributed by atoms with Crippen molar-refractivity contribution in [1.82, 2.24) is 4.90 Å². The fourth-order valence-electron chi connectivity index (χ4n) is 3.22. The number of anilines is 1. The van der Waals surface area contributed by atoms with Crippen molar-refractivity contribution in [2.45, 2.75) is 38.9 Å². The zero-order valence-electron chi connectivity index (χ0n) is 16.1. The molecule has 0 aromatic heterocycles. The summed E-state index contributed by atoms with van der Waals surface area (Å²) in [4.78, 5) is 14.7. The Morgan fingerprint density at radius 1 is 1.12 bits per heavy atom. The van der Waals surface area contributed by atoms with Crippen LogP contribution in [0, 0.1) is 0 Å². The molecule has 1 aromatic rings.